The molecule has 1 aliphatic rings. The van der Waals surface area contributed by atoms with Gasteiger partial charge in [0.15, 0.2) is 0 Å². The molecule has 0 aromatic heterocycles. The molecule has 0 bridgehead atoms. The zero-order valence-corrected chi connectivity index (χ0v) is 17.0. The van der Waals surface area contributed by atoms with Crippen molar-refractivity contribution in [3.8, 4) is 0 Å². The summed E-state index contributed by atoms with van der Waals surface area (Å²) in [5.74, 6) is -0.602. The number of carbonyl (C=O) groups excluding carboxylic acids is 2. The summed E-state index contributed by atoms with van der Waals surface area (Å²) in [6.45, 7) is 4.38. The van der Waals surface area contributed by atoms with Crippen molar-refractivity contribution in [2.24, 2.45) is 11.7 Å². The van der Waals surface area contributed by atoms with E-state index in [2.05, 4.69) is 0 Å². The zero-order chi connectivity index (χ0) is 19.4. The highest BCUT2D eigenvalue weighted by Crippen LogP contribution is 2.25. The number of benzene rings is 2. The fourth-order valence-corrected chi connectivity index (χ4v) is 3.27. The van der Waals surface area contributed by atoms with Crippen molar-refractivity contribution in [3.05, 3.63) is 71.3 Å². The van der Waals surface area contributed by atoms with Crippen LogP contribution in [0.2, 0.25) is 0 Å². The van der Waals surface area contributed by atoms with E-state index in [0.717, 1.165) is 16.7 Å². The Morgan fingerprint density at radius 1 is 1.07 bits per heavy atom. The van der Waals surface area contributed by atoms with E-state index in [9.17, 15) is 9.59 Å². The molecule has 0 aliphatic carbocycles. The zero-order valence-electron chi connectivity index (χ0n) is 16.2. The first kappa shape index (κ1) is 21.9. The number of esters is 1. The molecule has 6 heteroatoms. The Morgan fingerprint density at radius 2 is 1.68 bits per heavy atom. The molecular formula is C22H27ClN2O3. The molecule has 2 N–H and O–H groups in total. The summed E-state index contributed by atoms with van der Waals surface area (Å²) in [6.07, 6.45) is 0.445. The van der Waals surface area contributed by atoms with Crippen LogP contribution in [0.1, 0.15) is 30.5 Å². The van der Waals surface area contributed by atoms with Crippen molar-refractivity contribution < 1.29 is 14.3 Å². The molecule has 0 fully saturated rings. The van der Waals surface area contributed by atoms with Crippen LogP contribution in [0, 0.1) is 5.92 Å². The number of carbonyl (C=O) groups is 2. The van der Waals surface area contributed by atoms with E-state index in [-0.39, 0.29) is 30.8 Å². The molecular weight excluding hydrogens is 376 g/mol. The van der Waals surface area contributed by atoms with Gasteiger partial charge in [-0.25, -0.2) is 4.79 Å². The van der Waals surface area contributed by atoms with Gasteiger partial charge in [-0.15, -0.1) is 12.4 Å². The molecule has 1 aliphatic heterocycles. The highest BCUT2D eigenvalue weighted by atomic mass is 35.5. The van der Waals surface area contributed by atoms with E-state index in [0.29, 0.717) is 13.0 Å². The van der Waals surface area contributed by atoms with Crippen molar-refractivity contribution >= 4 is 24.3 Å². The van der Waals surface area contributed by atoms with Crippen LogP contribution in [-0.4, -0.2) is 28.9 Å². The standard InChI is InChI=1S/C22H26N2O3.ClH/c1-15(2)20(23)21(25)24-13-18-11-7-6-10-17(18)12-19(24)22(26)27-14-16-8-4-3-5-9-16;/h3-11,15,19-20H,12-14,23H2,1-2H3;1H. The number of halogens is 1. The van der Waals surface area contributed by atoms with Gasteiger partial charge in [-0.3, -0.25) is 4.79 Å². The largest absolute Gasteiger partial charge is 0.459 e. The second-order valence-electron chi connectivity index (χ2n) is 7.32. The van der Waals surface area contributed by atoms with Crippen molar-refractivity contribution in [2.75, 3.05) is 0 Å². The van der Waals surface area contributed by atoms with Crippen molar-refractivity contribution in [3.63, 3.8) is 0 Å². The van der Waals surface area contributed by atoms with Gasteiger partial charge in [-0.1, -0.05) is 68.4 Å². The molecule has 5 nitrogen and oxygen atoms in total. The quantitative estimate of drug-likeness (QED) is 0.780. The molecule has 0 saturated heterocycles. The van der Waals surface area contributed by atoms with Gasteiger partial charge in [0.1, 0.15) is 12.6 Å². The number of nitrogens with zero attached hydrogens (tertiary/aromatic N) is 1. The van der Waals surface area contributed by atoms with Crippen LogP contribution < -0.4 is 5.73 Å². The number of nitrogens with two attached hydrogens (primary N) is 1. The predicted molar refractivity (Wildman–Crippen MR) is 111 cm³/mol. The second kappa shape index (κ2) is 9.71. The molecule has 3 rings (SSSR count). The van der Waals surface area contributed by atoms with Crippen LogP contribution in [0.4, 0.5) is 0 Å². The number of hydrogen-bond donors (Lipinski definition) is 1. The summed E-state index contributed by atoms with van der Waals surface area (Å²) < 4.78 is 5.53. The smallest absolute Gasteiger partial charge is 0.329 e. The first-order valence-corrected chi connectivity index (χ1v) is 9.30. The van der Waals surface area contributed by atoms with E-state index in [4.69, 9.17) is 10.5 Å². The Bertz CT molecular complexity index is 810. The van der Waals surface area contributed by atoms with Crippen LogP contribution in [-0.2, 0) is 33.9 Å². The fourth-order valence-electron chi connectivity index (χ4n) is 3.27. The Hall–Kier alpha value is -2.37. The molecule has 2 atom stereocenters. The topological polar surface area (TPSA) is 72.6 Å². The third-order valence-electron chi connectivity index (χ3n) is 5.03. The Kier molecular flexibility index (Phi) is 7.61. The van der Waals surface area contributed by atoms with Gasteiger partial charge in [0, 0.05) is 13.0 Å². The van der Waals surface area contributed by atoms with Crippen molar-refractivity contribution in [2.45, 2.75) is 45.5 Å². The average Bonchev–Trinajstić information content (AvgIpc) is 2.70. The summed E-state index contributed by atoms with van der Waals surface area (Å²) in [4.78, 5) is 27.3. The van der Waals surface area contributed by atoms with E-state index >= 15 is 0 Å². The van der Waals surface area contributed by atoms with E-state index in [1.54, 1.807) is 4.90 Å². The number of rotatable bonds is 5. The summed E-state index contributed by atoms with van der Waals surface area (Å²) >= 11 is 0. The van der Waals surface area contributed by atoms with Crippen LogP contribution in [0.25, 0.3) is 0 Å². The highest BCUT2D eigenvalue weighted by molar-refractivity contribution is 5.88. The van der Waals surface area contributed by atoms with Gasteiger partial charge >= 0.3 is 5.97 Å². The maximum Gasteiger partial charge on any atom is 0.329 e. The second-order valence-corrected chi connectivity index (χ2v) is 7.32. The van der Waals surface area contributed by atoms with E-state index in [1.807, 2.05) is 68.4 Å². The van der Waals surface area contributed by atoms with E-state index in [1.165, 1.54) is 0 Å². The number of ether oxygens (including phenoxy) is 1. The van der Waals surface area contributed by atoms with Crippen molar-refractivity contribution in [1.82, 2.24) is 4.90 Å². The van der Waals surface area contributed by atoms with Crippen LogP contribution >= 0.6 is 12.4 Å². The minimum Gasteiger partial charge on any atom is -0.459 e. The minimum absolute atomic E-state index is 0. The van der Waals surface area contributed by atoms with Crippen LogP contribution in [0.15, 0.2) is 54.6 Å². The summed E-state index contributed by atoms with van der Waals surface area (Å²) in [6, 6.07) is 16.1. The van der Waals surface area contributed by atoms with Crippen molar-refractivity contribution in [1.29, 1.82) is 0 Å². The Balaban J connectivity index is 0.00000280. The van der Waals surface area contributed by atoms with Gasteiger partial charge in [-0.2, -0.15) is 0 Å². The molecule has 0 radical (unpaired) electrons. The average molecular weight is 403 g/mol. The maximum atomic E-state index is 12.9. The van der Waals surface area contributed by atoms with Gasteiger partial charge in [-0.05, 0) is 22.6 Å². The molecule has 1 heterocycles. The maximum absolute atomic E-state index is 12.9. The SMILES string of the molecule is CC(C)C(N)C(=O)N1Cc2ccccc2CC1C(=O)OCc1ccccc1.Cl. The number of fused-ring (bicyclic) bond motifs is 1. The number of hydrogen-bond acceptors (Lipinski definition) is 4. The van der Waals surface area contributed by atoms with Crippen LogP contribution in [0.3, 0.4) is 0 Å². The summed E-state index contributed by atoms with van der Waals surface area (Å²) in [7, 11) is 0. The Morgan fingerprint density at radius 3 is 2.32 bits per heavy atom. The highest BCUT2D eigenvalue weighted by Gasteiger charge is 2.38. The first-order valence-electron chi connectivity index (χ1n) is 9.30. The first-order chi connectivity index (χ1) is 13.0. The summed E-state index contributed by atoms with van der Waals surface area (Å²) in [5.41, 5.74) is 9.13. The predicted octanol–water partition coefficient (Wildman–Crippen LogP) is 3.09. The normalized spacial score (nSPS) is 16.7. The molecule has 150 valence electrons. The fraction of sp³-hybridized carbons (Fsp3) is 0.364. The third kappa shape index (κ3) is 4.91. The van der Waals surface area contributed by atoms with Crippen LogP contribution in [0.5, 0.6) is 0 Å². The lowest BCUT2D eigenvalue weighted by Gasteiger charge is -2.37. The molecule has 0 saturated carbocycles. The molecule has 2 aromatic rings. The monoisotopic (exact) mass is 402 g/mol. The lowest BCUT2D eigenvalue weighted by molar-refractivity contribution is -0.158. The van der Waals surface area contributed by atoms with Gasteiger partial charge in [0.25, 0.3) is 0 Å². The molecule has 0 spiro atoms. The lowest BCUT2D eigenvalue weighted by Crippen LogP contribution is -2.55. The lowest BCUT2D eigenvalue weighted by atomic mass is 9.92. The summed E-state index contributed by atoms with van der Waals surface area (Å²) in [5, 5.41) is 0. The van der Waals surface area contributed by atoms with Gasteiger partial charge in [0.2, 0.25) is 5.91 Å². The molecule has 28 heavy (non-hydrogen) atoms. The number of amides is 1. The van der Waals surface area contributed by atoms with Gasteiger partial charge in [0.05, 0.1) is 6.04 Å². The molecule has 2 unspecified atom stereocenters. The minimum atomic E-state index is -0.652. The molecule has 2 aromatic carbocycles. The molecule has 1 amide bonds. The van der Waals surface area contributed by atoms with Gasteiger partial charge < -0.3 is 15.4 Å². The third-order valence-corrected chi connectivity index (χ3v) is 5.03. The Labute approximate surface area is 172 Å². The van der Waals surface area contributed by atoms with E-state index < -0.39 is 18.1 Å².